The van der Waals surface area contributed by atoms with Gasteiger partial charge in [-0.1, -0.05) is 6.07 Å². The van der Waals surface area contributed by atoms with E-state index in [0.29, 0.717) is 0 Å². The monoisotopic (exact) mass is 150 g/mol. The second kappa shape index (κ2) is 3.83. The van der Waals surface area contributed by atoms with Gasteiger partial charge < -0.3 is 10.1 Å². The molecule has 3 nitrogen and oxygen atoms in total. The van der Waals surface area contributed by atoms with Crippen LogP contribution in [0.1, 0.15) is 11.6 Å². The maximum Gasteiger partial charge on any atom is 0.141 e. The highest BCUT2D eigenvalue weighted by Gasteiger charge is 2.05. The maximum atomic E-state index is 10.4. The number of aldehydes is 1. The van der Waals surface area contributed by atoms with E-state index in [1.54, 1.807) is 19.4 Å². The third kappa shape index (κ3) is 1.85. The van der Waals surface area contributed by atoms with Crippen molar-refractivity contribution >= 4 is 6.29 Å². The van der Waals surface area contributed by atoms with E-state index in [4.69, 9.17) is 0 Å². The second-order valence-electron chi connectivity index (χ2n) is 2.19. The average molecular weight is 150 g/mol. The first-order valence-corrected chi connectivity index (χ1v) is 3.41. The van der Waals surface area contributed by atoms with Crippen LogP contribution in [0.2, 0.25) is 0 Å². The third-order valence-electron chi connectivity index (χ3n) is 1.49. The Kier molecular flexibility index (Phi) is 2.74. The largest absolute Gasteiger partial charge is 0.307 e. The van der Waals surface area contributed by atoms with Gasteiger partial charge in [0.05, 0.1) is 6.04 Å². The summed E-state index contributed by atoms with van der Waals surface area (Å²) in [6, 6.07) is 3.44. The van der Waals surface area contributed by atoms with Crippen LogP contribution in [0.15, 0.2) is 24.5 Å². The zero-order valence-corrected chi connectivity index (χ0v) is 6.32. The molecular weight excluding hydrogens is 140 g/mol. The van der Waals surface area contributed by atoms with Crippen LogP contribution in [-0.2, 0) is 4.79 Å². The number of hydrogen-bond donors (Lipinski definition) is 1. The van der Waals surface area contributed by atoms with Crippen LogP contribution >= 0.6 is 0 Å². The molecule has 0 radical (unpaired) electrons. The first-order valence-electron chi connectivity index (χ1n) is 3.41. The number of aromatic nitrogens is 1. The van der Waals surface area contributed by atoms with Gasteiger partial charge >= 0.3 is 0 Å². The molecule has 1 aromatic rings. The van der Waals surface area contributed by atoms with Crippen molar-refractivity contribution in [2.24, 2.45) is 0 Å². The standard InChI is InChI=1S/C8H10N2O/c1-9-8(6-11)7-3-2-4-10-5-7/h2-6,8-9H,1H3. The summed E-state index contributed by atoms with van der Waals surface area (Å²) in [5, 5.41) is 2.86. The van der Waals surface area contributed by atoms with Gasteiger partial charge in [0.2, 0.25) is 0 Å². The Morgan fingerprint density at radius 1 is 1.73 bits per heavy atom. The first kappa shape index (κ1) is 7.88. The summed E-state index contributed by atoms with van der Waals surface area (Å²) in [5.74, 6) is 0. The van der Waals surface area contributed by atoms with Crippen LogP contribution in [0.4, 0.5) is 0 Å². The van der Waals surface area contributed by atoms with Gasteiger partial charge in [0.25, 0.3) is 0 Å². The molecule has 58 valence electrons. The molecule has 0 saturated carbocycles. The van der Waals surface area contributed by atoms with Crippen LogP contribution in [0.3, 0.4) is 0 Å². The van der Waals surface area contributed by atoms with E-state index in [2.05, 4.69) is 10.3 Å². The molecule has 1 unspecified atom stereocenters. The van der Waals surface area contributed by atoms with Crippen LogP contribution in [0.5, 0.6) is 0 Å². The molecule has 3 heteroatoms. The average Bonchev–Trinajstić information content (AvgIpc) is 2.09. The molecule has 0 bridgehead atoms. The summed E-state index contributed by atoms with van der Waals surface area (Å²) in [6.07, 6.45) is 4.22. The first-order chi connectivity index (χ1) is 5.38. The van der Waals surface area contributed by atoms with E-state index in [-0.39, 0.29) is 6.04 Å². The Morgan fingerprint density at radius 2 is 2.55 bits per heavy atom. The lowest BCUT2D eigenvalue weighted by molar-refractivity contribution is -0.109. The molecule has 1 atom stereocenters. The summed E-state index contributed by atoms with van der Waals surface area (Å²) in [6.45, 7) is 0. The lowest BCUT2D eigenvalue weighted by atomic mass is 10.1. The minimum Gasteiger partial charge on any atom is -0.307 e. The van der Waals surface area contributed by atoms with Gasteiger partial charge in [-0.15, -0.1) is 0 Å². The van der Waals surface area contributed by atoms with Crippen LogP contribution < -0.4 is 5.32 Å². The molecule has 11 heavy (non-hydrogen) atoms. The summed E-state index contributed by atoms with van der Waals surface area (Å²) in [5.41, 5.74) is 0.894. The predicted octanol–water partition coefficient (Wildman–Crippen LogP) is 0.541. The highest BCUT2D eigenvalue weighted by molar-refractivity contribution is 5.60. The van der Waals surface area contributed by atoms with Crippen molar-refractivity contribution in [1.29, 1.82) is 0 Å². The molecular formula is C8H10N2O. The summed E-state index contributed by atoms with van der Waals surface area (Å²) in [7, 11) is 1.74. The number of nitrogens with one attached hydrogen (secondary N) is 1. The van der Waals surface area contributed by atoms with Crippen molar-refractivity contribution in [3.8, 4) is 0 Å². The normalized spacial score (nSPS) is 12.5. The van der Waals surface area contributed by atoms with Crippen LogP contribution in [-0.4, -0.2) is 18.3 Å². The van der Waals surface area contributed by atoms with Gasteiger partial charge in [-0.05, 0) is 18.7 Å². The van der Waals surface area contributed by atoms with Crippen molar-refractivity contribution in [3.05, 3.63) is 30.1 Å². The smallest absolute Gasteiger partial charge is 0.141 e. The lowest BCUT2D eigenvalue weighted by Gasteiger charge is -2.06. The Labute approximate surface area is 65.5 Å². The zero-order valence-electron chi connectivity index (χ0n) is 6.32. The van der Waals surface area contributed by atoms with Crippen molar-refractivity contribution < 1.29 is 4.79 Å². The molecule has 0 saturated heterocycles. The Bertz CT molecular complexity index is 223. The SMILES string of the molecule is CNC(C=O)c1cccnc1. The molecule has 0 fully saturated rings. The molecule has 0 spiro atoms. The fourth-order valence-corrected chi connectivity index (χ4v) is 0.873. The topological polar surface area (TPSA) is 42.0 Å². The number of hydrogen-bond acceptors (Lipinski definition) is 3. The number of nitrogens with zero attached hydrogens (tertiary/aromatic N) is 1. The van der Waals surface area contributed by atoms with E-state index in [1.807, 2.05) is 12.1 Å². The van der Waals surface area contributed by atoms with Gasteiger partial charge in [0.1, 0.15) is 6.29 Å². The number of pyridine rings is 1. The van der Waals surface area contributed by atoms with Crippen LogP contribution in [0, 0.1) is 0 Å². The zero-order chi connectivity index (χ0) is 8.10. The summed E-state index contributed by atoms with van der Waals surface area (Å²) < 4.78 is 0. The van der Waals surface area contributed by atoms with Crippen molar-refractivity contribution in [3.63, 3.8) is 0 Å². The van der Waals surface area contributed by atoms with Crippen molar-refractivity contribution in [2.45, 2.75) is 6.04 Å². The number of carbonyl (C=O) groups is 1. The maximum absolute atomic E-state index is 10.4. The Balaban J connectivity index is 2.82. The Hall–Kier alpha value is -1.22. The molecule has 0 aliphatic rings. The molecule has 1 aromatic heterocycles. The number of rotatable bonds is 3. The molecule has 0 aliphatic carbocycles. The Morgan fingerprint density at radius 3 is 3.00 bits per heavy atom. The molecule has 0 aromatic carbocycles. The molecule has 1 N–H and O–H groups in total. The molecule has 1 rings (SSSR count). The van der Waals surface area contributed by atoms with Crippen molar-refractivity contribution in [1.82, 2.24) is 10.3 Å². The van der Waals surface area contributed by atoms with Gasteiger partial charge in [0.15, 0.2) is 0 Å². The third-order valence-corrected chi connectivity index (χ3v) is 1.49. The minimum atomic E-state index is -0.233. The van der Waals surface area contributed by atoms with Gasteiger partial charge in [-0.3, -0.25) is 4.98 Å². The summed E-state index contributed by atoms with van der Waals surface area (Å²) in [4.78, 5) is 14.3. The fraction of sp³-hybridized carbons (Fsp3) is 0.250. The minimum absolute atomic E-state index is 0.233. The summed E-state index contributed by atoms with van der Waals surface area (Å²) >= 11 is 0. The molecule has 0 aliphatic heterocycles. The van der Waals surface area contributed by atoms with Crippen LogP contribution in [0.25, 0.3) is 0 Å². The van der Waals surface area contributed by atoms with Gasteiger partial charge in [-0.2, -0.15) is 0 Å². The predicted molar refractivity (Wildman–Crippen MR) is 42.1 cm³/mol. The van der Waals surface area contributed by atoms with E-state index >= 15 is 0 Å². The molecule has 0 amide bonds. The highest BCUT2D eigenvalue weighted by Crippen LogP contribution is 2.06. The van der Waals surface area contributed by atoms with E-state index < -0.39 is 0 Å². The highest BCUT2D eigenvalue weighted by atomic mass is 16.1. The lowest BCUT2D eigenvalue weighted by Crippen LogP contribution is -2.17. The fourth-order valence-electron chi connectivity index (χ4n) is 0.873. The number of likely N-dealkylation sites (N-methyl/N-ethyl adjacent to an activating group) is 1. The second-order valence-corrected chi connectivity index (χ2v) is 2.19. The quantitative estimate of drug-likeness (QED) is 0.639. The molecule has 1 heterocycles. The van der Waals surface area contributed by atoms with Crippen molar-refractivity contribution in [2.75, 3.05) is 7.05 Å². The van der Waals surface area contributed by atoms with E-state index in [1.165, 1.54) is 0 Å². The van der Waals surface area contributed by atoms with Gasteiger partial charge in [0, 0.05) is 12.4 Å². The van der Waals surface area contributed by atoms with Gasteiger partial charge in [-0.25, -0.2) is 0 Å². The van der Waals surface area contributed by atoms with E-state index in [9.17, 15) is 4.79 Å². The van der Waals surface area contributed by atoms with E-state index in [0.717, 1.165) is 11.8 Å². The number of carbonyl (C=O) groups excluding carboxylic acids is 1.